The quantitative estimate of drug-likeness (QED) is 0.483. The van der Waals surface area contributed by atoms with Crippen molar-refractivity contribution in [3.63, 3.8) is 0 Å². The topological polar surface area (TPSA) is 51.2 Å². The van der Waals surface area contributed by atoms with Crippen LogP contribution in [-0.2, 0) is 6.61 Å². The summed E-state index contributed by atoms with van der Waals surface area (Å²) >= 11 is 1.29. The Hall–Kier alpha value is -3.25. The lowest BCUT2D eigenvalue weighted by Crippen LogP contribution is -2.11. The number of halogens is 1. The molecule has 0 fully saturated rings. The zero-order chi connectivity index (χ0) is 19.5. The molecule has 0 aliphatic carbocycles. The van der Waals surface area contributed by atoms with Crippen LogP contribution in [-0.4, -0.2) is 10.9 Å². The molecule has 6 heteroatoms. The zero-order valence-electron chi connectivity index (χ0n) is 15.1. The van der Waals surface area contributed by atoms with E-state index < -0.39 is 0 Å². The third kappa shape index (κ3) is 4.02. The van der Waals surface area contributed by atoms with Gasteiger partial charge in [0.25, 0.3) is 5.91 Å². The molecule has 140 valence electrons. The number of nitrogens with zero attached hydrogens (tertiary/aromatic N) is 1. The van der Waals surface area contributed by atoms with Crippen molar-refractivity contribution in [2.45, 2.75) is 13.5 Å². The van der Waals surface area contributed by atoms with Crippen molar-refractivity contribution in [1.82, 2.24) is 4.98 Å². The number of hydrogen-bond donors (Lipinski definition) is 1. The number of nitrogens with one attached hydrogen (secondary N) is 1. The average Bonchev–Trinajstić information content (AvgIpc) is 3.09. The normalized spacial score (nSPS) is 10.8. The van der Waals surface area contributed by atoms with Crippen molar-refractivity contribution in [2.24, 2.45) is 0 Å². The second-order valence-corrected chi connectivity index (χ2v) is 7.36. The van der Waals surface area contributed by atoms with Crippen molar-refractivity contribution < 1.29 is 13.9 Å². The van der Waals surface area contributed by atoms with Gasteiger partial charge in [0.2, 0.25) is 0 Å². The van der Waals surface area contributed by atoms with Crippen LogP contribution in [0.2, 0.25) is 0 Å². The van der Waals surface area contributed by atoms with Crippen LogP contribution in [0.1, 0.15) is 20.4 Å². The zero-order valence-corrected chi connectivity index (χ0v) is 15.9. The molecule has 4 aromatic rings. The van der Waals surface area contributed by atoms with Crippen LogP contribution in [0.4, 0.5) is 10.1 Å². The van der Waals surface area contributed by atoms with Crippen molar-refractivity contribution in [3.8, 4) is 5.75 Å². The van der Waals surface area contributed by atoms with Gasteiger partial charge in [0.05, 0.1) is 5.69 Å². The van der Waals surface area contributed by atoms with E-state index in [2.05, 4.69) is 16.4 Å². The lowest BCUT2D eigenvalue weighted by Gasteiger charge is -2.05. The number of carbonyl (C=O) groups excluding carboxylic acids is 1. The molecule has 3 aromatic carbocycles. The Morgan fingerprint density at radius 1 is 1.07 bits per heavy atom. The summed E-state index contributed by atoms with van der Waals surface area (Å²) in [4.78, 5) is 17.4. The number of amides is 1. The first-order chi connectivity index (χ1) is 13.6. The van der Waals surface area contributed by atoms with Gasteiger partial charge in [-0.15, -0.1) is 11.3 Å². The smallest absolute Gasteiger partial charge is 0.267 e. The summed E-state index contributed by atoms with van der Waals surface area (Å²) in [6, 6.07) is 19.6. The molecule has 4 rings (SSSR count). The minimum Gasteiger partial charge on any atom is -0.486 e. The Morgan fingerprint density at radius 3 is 2.61 bits per heavy atom. The first-order valence-electron chi connectivity index (χ1n) is 8.73. The maximum Gasteiger partial charge on any atom is 0.267 e. The Bertz CT molecular complexity index is 1140. The number of hydrogen-bond acceptors (Lipinski definition) is 4. The molecule has 0 saturated heterocycles. The molecule has 1 amide bonds. The monoisotopic (exact) mass is 392 g/mol. The van der Waals surface area contributed by atoms with E-state index in [4.69, 9.17) is 4.74 Å². The molecule has 0 bridgehead atoms. The first-order valence-corrected chi connectivity index (χ1v) is 9.55. The number of benzene rings is 3. The Balaban J connectivity index is 1.44. The highest BCUT2D eigenvalue weighted by Crippen LogP contribution is 2.24. The van der Waals surface area contributed by atoms with Gasteiger partial charge in [-0.3, -0.25) is 4.79 Å². The standard InChI is InChI=1S/C22H17FN2O2S/c1-14-21(22(26)25-18-9-7-17(23)8-10-18)28-20(24-14)13-27-19-11-6-15-4-2-3-5-16(15)12-19/h2-12H,13H2,1H3,(H,25,26). The van der Waals surface area contributed by atoms with Crippen LogP contribution >= 0.6 is 11.3 Å². The van der Waals surface area contributed by atoms with Gasteiger partial charge in [0.15, 0.2) is 0 Å². The first kappa shape index (κ1) is 18.1. The maximum atomic E-state index is 13.0. The summed E-state index contributed by atoms with van der Waals surface area (Å²) < 4.78 is 18.8. The number of anilines is 1. The lowest BCUT2D eigenvalue weighted by molar-refractivity contribution is 0.103. The van der Waals surface area contributed by atoms with Gasteiger partial charge in [-0.1, -0.05) is 30.3 Å². The number of rotatable bonds is 5. The Kier molecular flexibility index (Phi) is 5.04. The van der Waals surface area contributed by atoms with E-state index in [1.54, 1.807) is 6.92 Å². The summed E-state index contributed by atoms with van der Waals surface area (Å²) in [5.41, 5.74) is 1.18. The third-order valence-corrected chi connectivity index (χ3v) is 5.36. The van der Waals surface area contributed by atoms with E-state index in [9.17, 15) is 9.18 Å². The van der Waals surface area contributed by atoms with Crippen LogP contribution in [0.3, 0.4) is 0 Å². The maximum absolute atomic E-state index is 13.0. The number of fused-ring (bicyclic) bond motifs is 1. The van der Waals surface area contributed by atoms with Crippen molar-refractivity contribution in [2.75, 3.05) is 5.32 Å². The summed E-state index contributed by atoms with van der Waals surface area (Å²) in [5, 5.41) is 5.73. The fourth-order valence-electron chi connectivity index (χ4n) is 2.85. The van der Waals surface area contributed by atoms with Crippen LogP contribution in [0.25, 0.3) is 10.8 Å². The molecule has 0 aliphatic rings. The molecular weight excluding hydrogens is 375 g/mol. The SMILES string of the molecule is Cc1nc(COc2ccc3ccccc3c2)sc1C(=O)Nc1ccc(F)cc1. The van der Waals surface area contributed by atoms with Crippen LogP contribution < -0.4 is 10.1 Å². The summed E-state index contributed by atoms with van der Waals surface area (Å²) in [6.45, 7) is 2.07. The Labute approximate surface area is 165 Å². The van der Waals surface area contributed by atoms with Crippen LogP contribution in [0, 0.1) is 12.7 Å². The summed E-state index contributed by atoms with van der Waals surface area (Å²) in [5.74, 6) is 0.141. The number of carbonyl (C=O) groups is 1. The van der Waals surface area contributed by atoms with E-state index in [0.29, 0.717) is 16.3 Å². The summed E-state index contributed by atoms with van der Waals surface area (Å²) in [7, 11) is 0. The summed E-state index contributed by atoms with van der Waals surface area (Å²) in [6.07, 6.45) is 0. The molecule has 1 N–H and O–H groups in total. The number of aromatic nitrogens is 1. The lowest BCUT2D eigenvalue weighted by atomic mass is 10.1. The van der Waals surface area contributed by atoms with Crippen LogP contribution in [0.5, 0.6) is 5.75 Å². The fourth-order valence-corrected chi connectivity index (χ4v) is 3.72. The van der Waals surface area contributed by atoms with Gasteiger partial charge in [-0.05, 0) is 54.1 Å². The molecule has 0 spiro atoms. The third-order valence-electron chi connectivity index (χ3n) is 4.23. The van der Waals surface area contributed by atoms with Gasteiger partial charge in [-0.25, -0.2) is 9.37 Å². The number of aryl methyl sites for hydroxylation is 1. The van der Waals surface area contributed by atoms with Crippen molar-refractivity contribution >= 4 is 33.7 Å². The van der Waals surface area contributed by atoms with E-state index in [1.807, 2.05) is 36.4 Å². The molecule has 0 radical (unpaired) electrons. The van der Waals surface area contributed by atoms with Crippen molar-refractivity contribution in [3.05, 3.63) is 88.1 Å². The predicted molar refractivity (Wildman–Crippen MR) is 109 cm³/mol. The molecule has 28 heavy (non-hydrogen) atoms. The molecule has 0 atom stereocenters. The van der Waals surface area contributed by atoms with Gasteiger partial charge >= 0.3 is 0 Å². The van der Waals surface area contributed by atoms with Gasteiger partial charge in [-0.2, -0.15) is 0 Å². The molecule has 1 heterocycles. The molecular formula is C22H17FN2O2S. The fraction of sp³-hybridized carbons (Fsp3) is 0.0909. The minimum atomic E-state index is -0.347. The molecule has 1 aromatic heterocycles. The van der Waals surface area contributed by atoms with E-state index in [1.165, 1.54) is 35.6 Å². The van der Waals surface area contributed by atoms with Gasteiger partial charge in [0, 0.05) is 5.69 Å². The molecule has 0 unspecified atom stereocenters. The highest BCUT2D eigenvalue weighted by Gasteiger charge is 2.16. The molecule has 0 aliphatic heterocycles. The highest BCUT2D eigenvalue weighted by atomic mass is 32.1. The molecule has 4 nitrogen and oxygen atoms in total. The van der Waals surface area contributed by atoms with Gasteiger partial charge < -0.3 is 10.1 Å². The minimum absolute atomic E-state index is 0.265. The number of ether oxygens (including phenoxy) is 1. The second kappa shape index (κ2) is 7.78. The van der Waals surface area contributed by atoms with Crippen molar-refractivity contribution in [1.29, 1.82) is 0 Å². The molecule has 0 saturated carbocycles. The predicted octanol–water partition coefficient (Wildman–Crippen LogP) is 5.58. The number of thiazole rings is 1. The second-order valence-electron chi connectivity index (χ2n) is 6.28. The van der Waals surface area contributed by atoms with Crippen LogP contribution in [0.15, 0.2) is 66.7 Å². The largest absolute Gasteiger partial charge is 0.486 e. The highest BCUT2D eigenvalue weighted by molar-refractivity contribution is 7.13. The Morgan fingerprint density at radius 2 is 1.82 bits per heavy atom. The van der Waals surface area contributed by atoms with E-state index in [-0.39, 0.29) is 18.3 Å². The average molecular weight is 392 g/mol. The van der Waals surface area contributed by atoms with E-state index in [0.717, 1.165) is 21.5 Å². The van der Waals surface area contributed by atoms with E-state index >= 15 is 0 Å². The van der Waals surface area contributed by atoms with Gasteiger partial charge in [0.1, 0.15) is 28.1 Å².